The lowest BCUT2D eigenvalue weighted by molar-refractivity contribution is 0.519. The smallest absolute Gasteiger partial charge is 0.0300 e. The van der Waals surface area contributed by atoms with Crippen LogP contribution < -0.4 is 5.32 Å². The highest BCUT2D eigenvalue weighted by molar-refractivity contribution is 5.34. The summed E-state index contributed by atoms with van der Waals surface area (Å²) in [6.45, 7) is 7.57. The molecular weight excluding hydrogens is 244 g/mol. The Morgan fingerprint density at radius 3 is 2.40 bits per heavy atom. The van der Waals surface area contributed by atoms with Gasteiger partial charge in [0.25, 0.3) is 0 Å². The van der Waals surface area contributed by atoms with Crippen LogP contribution in [0.3, 0.4) is 0 Å². The molecule has 2 aromatic rings. The van der Waals surface area contributed by atoms with E-state index in [1.807, 2.05) is 18.5 Å². The Morgan fingerprint density at radius 2 is 1.80 bits per heavy atom. The van der Waals surface area contributed by atoms with Gasteiger partial charge >= 0.3 is 0 Å². The number of nitrogens with zero attached hydrogens (tertiary/aromatic N) is 1. The fourth-order valence-electron chi connectivity index (χ4n) is 2.73. The average molecular weight is 268 g/mol. The molecule has 2 rings (SSSR count). The van der Waals surface area contributed by atoms with Crippen LogP contribution in [0.1, 0.15) is 29.2 Å². The molecule has 1 unspecified atom stereocenters. The third kappa shape index (κ3) is 3.91. The third-order valence-corrected chi connectivity index (χ3v) is 3.79. The molecule has 0 radical (unpaired) electrons. The zero-order valence-electron chi connectivity index (χ0n) is 12.7. The zero-order valence-corrected chi connectivity index (χ0v) is 12.7. The molecule has 106 valence electrons. The van der Waals surface area contributed by atoms with E-state index in [0.717, 1.165) is 19.4 Å². The Kier molecular flexibility index (Phi) is 5.31. The van der Waals surface area contributed by atoms with Gasteiger partial charge in [-0.2, -0.15) is 0 Å². The largest absolute Gasteiger partial charge is 0.314 e. The van der Waals surface area contributed by atoms with Crippen molar-refractivity contribution in [3.63, 3.8) is 0 Å². The molecule has 0 aliphatic heterocycles. The van der Waals surface area contributed by atoms with E-state index < -0.39 is 0 Å². The first-order valence-electron chi connectivity index (χ1n) is 7.38. The molecule has 2 nitrogen and oxygen atoms in total. The summed E-state index contributed by atoms with van der Waals surface area (Å²) in [5.41, 5.74) is 5.55. The van der Waals surface area contributed by atoms with Gasteiger partial charge in [0.2, 0.25) is 0 Å². The van der Waals surface area contributed by atoms with Crippen LogP contribution in [-0.4, -0.2) is 17.6 Å². The number of aryl methyl sites for hydroxylation is 2. The van der Waals surface area contributed by atoms with E-state index in [4.69, 9.17) is 0 Å². The van der Waals surface area contributed by atoms with Crippen LogP contribution in [0.2, 0.25) is 0 Å². The molecule has 0 aliphatic rings. The third-order valence-electron chi connectivity index (χ3n) is 3.79. The number of nitrogens with one attached hydrogen (secondary N) is 1. The molecule has 1 aromatic carbocycles. The molecule has 1 aromatic heterocycles. The second-order valence-corrected chi connectivity index (χ2v) is 5.39. The van der Waals surface area contributed by atoms with Crippen LogP contribution in [0.5, 0.6) is 0 Å². The minimum atomic E-state index is 0.462. The van der Waals surface area contributed by atoms with E-state index in [1.165, 1.54) is 22.3 Å². The molecule has 0 saturated carbocycles. The van der Waals surface area contributed by atoms with Crippen molar-refractivity contribution >= 4 is 0 Å². The van der Waals surface area contributed by atoms with E-state index in [9.17, 15) is 0 Å². The highest BCUT2D eigenvalue weighted by atomic mass is 14.9. The fourth-order valence-corrected chi connectivity index (χ4v) is 2.73. The lowest BCUT2D eigenvalue weighted by Gasteiger charge is -2.20. The van der Waals surface area contributed by atoms with Gasteiger partial charge in [-0.15, -0.1) is 0 Å². The summed E-state index contributed by atoms with van der Waals surface area (Å²) in [6.07, 6.45) is 5.89. The summed E-state index contributed by atoms with van der Waals surface area (Å²) < 4.78 is 0. The lowest BCUT2D eigenvalue weighted by atomic mass is 9.93. The molecule has 0 spiro atoms. The maximum Gasteiger partial charge on any atom is 0.0300 e. The van der Waals surface area contributed by atoms with Gasteiger partial charge in [0.05, 0.1) is 0 Å². The Balaban J connectivity index is 2.13. The second-order valence-electron chi connectivity index (χ2n) is 5.39. The van der Waals surface area contributed by atoms with Crippen molar-refractivity contribution < 1.29 is 0 Å². The summed E-state index contributed by atoms with van der Waals surface area (Å²) in [5, 5.41) is 3.61. The molecule has 0 bridgehead atoms. The van der Waals surface area contributed by atoms with Crippen molar-refractivity contribution in [2.24, 2.45) is 0 Å². The quantitative estimate of drug-likeness (QED) is 0.868. The molecule has 1 N–H and O–H groups in total. The van der Waals surface area contributed by atoms with Gasteiger partial charge < -0.3 is 5.32 Å². The number of rotatable bonds is 6. The van der Waals surface area contributed by atoms with Crippen molar-refractivity contribution in [3.8, 4) is 0 Å². The molecule has 1 atom stereocenters. The van der Waals surface area contributed by atoms with Gasteiger partial charge in [0, 0.05) is 18.4 Å². The minimum absolute atomic E-state index is 0.462. The Bertz CT molecular complexity index is 514. The summed E-state index contributed by atoms with van der Waals surface area (Å²) in [4.78, 5) is 4.21. The summed E-state index contributed by atoms with van der Waals surface area (Å²) in [5.74, 6) is 0. The predicted molar refractivity (Wildman–Crippen MR) is 85.0 cm³/mol. The van der Waals surface area contributed by atoms with Gasteiger partial charge in [0.1, 0.15) is 0 Å². The molecule has 0 saturated heterocycles. The Hall–Kier alpha value is -1.67. The predicted octanol–water partition coefficient (Wildman–Crippen LogP) is 3.46. The van der Waals surface area contributed by atoms with Crippen LogP contribution in [0.25, 0.3) is 0 Å². The first kappa shape index (κ1) is 14.7. The second kappa shape index (κ2) is 7.20. The Morgan fingerprint density at radius 1 is 1.05 bits per heavy atom. The Labute approximate surface area is 122 Å². The number of benzene rings is 1. The van der Waals surface area contributed by atoms with Crippen molar-refractivity contribution in [2.45, 2.75) is 39.7 Å². The number of hydrogen-bond acceptors (Lipinski definition) is 2. The van der Waals surface area contributed by atoms with Gasteiger partial charge in [-0.3, -0.25) is 4.98 Å². The molecule has 2 heteroatoms. The maximum atomic E-state index is 4.21. The maximum absolute atomic E-state index is 4.21. The van der Waals surface area contributed by atoms with Gasteiger partial charge in [-0.1, -0.05) is 31.2 Å². The minimum Gasteiger partial charge on any atom is -0.314 e. The number of aromatic nitrogens is 1. The normalized spacial score (nSPS) is 12.3. The lowest BCUT2D eigenvalue weighted by Crippen LogP contribution is -2.33. The van der Waals surface area contributed by atoms with E-state index in [2.05, 4.69) is 55.3 Å². The van der Waals surface area contributed by atoms with Crippen molar-refractivity contribution in [2.75, 3.05) is 6.54 Å². The molecular formula is C18H24N2. The average Bonchev–Trinajstić information content (AvgIpc) is 2.44. The van der Waals surface area contributed by atoms with Gasteiger partial charge in [-0.25, -0.2) is 0 Å². The number of pyridine rings is 1. The summed E-state index contributed by atoms with van der Waals surface area (Å²) in [7, 11) is 0. The van der Waals surface area contributed by atoms with E-state index >= 15 is 0 Å². The van der Waals surface area contributed by atoms with Crippen LogP contribution >= 0.6 is 0 Å². The van der Waals surface area contributed by atoms with Gasteiger partial charge in [0.15, 0.2) is 0 Å². The van der Waals surface area contributed by atoms with Crippen LogP contribution in [0, 0.1) is 13.8 Å². The number of hydrogen-bond donors (Lipinski definition) is 1. The molecule has 0 fully saturated rings. The molecule has 20 heavy (non-hydrogen) atoms. The molecule has 0 amide bonds. The van der Waals surface area contributed by atoms with E-state index in [0.29, 0.717) is 6.04 Å². The van der Waals surface area contributed by atoms with E-state index in [1.54, 1.807) is 0 Å². The highest BCUT2D eigenvalue weighted by Gasteiger charge is 2.12. The molecule has 1 heterocycles. The SMILES string of the molecule is CCNC(Cc1cccnc1)Cc1c(C)cccc1C. The van der Waals surface area contributed by atoms with Crippen LogP contribution in [0.4, 0.5) is 0 Å². The summed E-state index contributed by atoms with van der Waals surface area (Å²) >= 11 is 0. The van der Waals surface area contributed by atoms with Crippen molar-refractivity contribution in [3.05, 3.63) is 65.0 Å². The van der Waals surface area contributed by atoms with E-state index in [-0.39, 0.29) is 0 Å². The first-order valence-corrected chi connectivity index (χ1v) is 7.38. The van der Waals surface area contributed by atoms with Crippen molar-refractivity contribution in [1.82, 2.24) is 10.3 Å². The standard InChI is InChI=1S/C18H24N2/c1-4-20-17(11-16-9-6-10-19-13-16)12-18-14(2)7-5-8-15(18)3/h5-10,13,17,20H,4,11-12H2,1-3H3. The summed E-state index contributed by atoms with van der Waals surface area (Å²) in [6, 6.07) is 11.2. The highest BCUT2D eigenvalue weighted by Crippen LogP contribution is 2.17. The first-order chi connectivity index (χ1) is 9.70. The monoisotopic (exact) mass is 268 g/mol. The van der Waals surface area contributed by atoms with Crippen LogP contribution in [0.15, 0.2) is 42.7 Å². The zero-order chi connectivity index (χ0) is 14.4. The number of likely N-dealkylation sites (N-methyl/N-ethyl adjacent to an activating group) is 1. The van der Waals surface area contributed by atoms with Crippen molar-refractivity contribution in [1.29, 1.82) is 0 Å². The topological polar surface area (TPSA) is 24.9 Å². The fraction of sp³-hybridized carbons (Fsp3) is 0.389. The van der Waals surface area contributed by atoms with Crippen LogP contribution in [-0.2, 0) is 12.8 Å². The van der Waals surface area contributed by atoms with Gasteiger partial charge in [-0.05, 0) is 61.6 Å². The molecule has 0 aliphatic carbocycles.